The van der Waals surface area contributed by atoms with Crippen LogP contribution in [0.5, 0.6) is 0 Å². The van der Waals surface area contributed by atoms with Gasteiger partial charge in [0, 0.05) is 12.6 Å². The molecule has 0 bridgehead atoms. The van der Waals surface area contributed by atoms with Gasteiger partial charge in [-0.2, -0.15) is 0 Å². The van der Waals surface area contributed by atoms with E-state index in [1.807, 2.05) is 6.08 Å². The van der Waals surface area contributed by atoms with Crippen molar-refractivity contribution in [2.45, 2.75) is 46.1 Å². The molecule has 0 aromatic rings. The molecule has 1 heterocycles. The van der Waals surface area contributed by atoms with Gasteiger partial charge in [-0.05, 0) is 51.1 Å². The fraction of sp³-hybridized carbons (Fsp3) is 0.867. The Balaban J connectivity index is 2.43. The van der Waals surface area contributed by atoms with E-state index in [-0.39, 0.29) is 0 Å². The van der Waals surface area contributed by atoms with Crippen LogP contribution >= 0.6 is 0 Å². The topological polar surface area (TPSA) is 12.5 Å². The summed E-state index contributed by atoms with van der Waals surface area (Å²) >= 11 is 0. The Kier molecular flexibility index (Phi) is 5.68. The molecule has 0 amide bonds. The first kappa shape index (κ1) is 14.7. The third kappa shape index (κ3) is 3.56. The second-order valence-electron chi connectivity index (χ2n) is 5.82. The van der Waals surface area contributed by atoms with Crippen LogP contribution in [0.15, 0.2) is 12.7 Å². The van der Waals surface area contributed by atoms with Gasteiger partial charge in [-0.15, -0.1) is 6.58 Å². The van der Waals surface area contributed by atoms with Crippen molar-refractivity contribution < 1.29 is 4.74 Å². The largest absolute Gasteiger partial charge is 0.377 e. The average Bonchev–Trinajstić information content (AvgIpc) is 2.32. The fourth-order valence-electron chi connectivity index (χ4n) is 3.01. The van der Waals surface area contributed by atoms with Crippen molar-refractivity contribution in [2.75, 3.05) is 26.8 Å². The van der Waals surface area contributed by atoms with Crippen LogP contribution in [0.1, 0.15) is 40.0 Å². The smallest absolute Gasteiger partial charge is 0.0644 e. The third-order valence-electron chi connectivity index (χ3n) is 4.90. The maximum atomic E-state index is 5.48. The molecule has 0 N–H and O–H groups in total. The molecule has 0 aromatic carbocycles. The summed E-state index contributed by atoms with van der Waals surface area (Å²) in [6, 6.07) is 0.672. The summed E-state index contributed by atoms with van der Waals surface area (Å²) in [5, 5.41) is 0. The number of ether oxygens (including phenoxy) is 1. The predicted molar refractivity (Wildman–Crippen MR) is 74.2 cm³/mol. The van der Waals surface area contributed by atoms with E-state index in [4.69, 9.17) is 4.74 Å². The summed E-state index contributed by atoms with van der Waals surface area (Å²) in [4.78, 5) is 2.50. The number of nitrogens with zero attached hydrogens (tertiary/aromatic N) is 1. The van der Waals surface area contributed by atoms with E-state index >= 15 is 0 Å². The molecular weight excluding hydrogens is 210 g/mol. The van der Waals surface area contributed by atoms with Crippen LogP contribution in [-0.2, 0) is 4.74 Å². The molecule has 3 atom stereocenters. The van der Waals surface area contributed by atoms with Gasteiger partial charge in [0.05, 0.1) is 6.61 Å². The van der Waals surface area contributed by atoms with Crippen molar-refractivity contribution in [3.05, 3.63) is 12.7 Å². The highest BCUT2D eigenvalue weighted by Gasteiger charge is 2.41. The summed E-state index contributed by atoms with van der Waals surface area (Å²) in [5.41, 5.74) is 0.435. The Bertz CT molecular complexity index is 241. The highest BCUT2D eigenvalue weighted by atomic mass is 16.5. The highest BCUT2D eigenvalue weighted by Crippen LogP contribution is 2.43. The molecule has 0 aliphatic carbocycles. The molecule has 0 saturated carbocycles. The standard InChI is InChI=1S/C15H29NO/c1-6-11-17-12-7-9-15(4)13(2)8-10-16(5)14(15)3/h6,13-14H,1,7-12H2,2-5H3. The van der Waals surface area contributed by atoms with Gasteiger partial charge in [0.15, 0.2) is 0 Å². The van der Waals surface area contributed by atoms with Crippen molar-refractivity contribution in [3.63, 3.8) is 0 Å². The first-order chi connectivity index (χ1) is 8.02. The molecule has 2 nitrogen and oxygen atoms in total. The normalized spacial score (nSPS) is 34.8. The first-order valence-electron chi connectivity index (χ1n) is 6.91. The molecule has 1 saturated heterocycles. The van der Waals surface area contributed by atoms with Crippen molar-refractivity contribution in [1.82, 2.24) is 4.90 Å². The van der Waals surface area contributed by atoms with Gasteiger partial charge >= 0.3 is 0 Å². The van der Waals surface area contributed by atoms with Crippen molar-refractivity contribution in [2.24, 2.45) is 11.3 Å². The SMILES string of the molecule is C=CCOCCCC1(C)C(C)CCN(C)C1C. The van der Waals surface area contributed by atoms with Gasteiger partial charge in [0.25, 0.3) is 0 Å². The van der Waals surface area contributed by atoms with E-state index in [0.29, 0.717) is 18.1 Å². The van der Waals surface area contributed by atoms with E-state index < -0.39 is 0 Å². The molecule has 1 aliphatic rings. The van der Waals surface area contributed by atoms with Gasteiger partial charge in [0.1, 0.15) is 0 Å². The second-order valence-corrected chi connectivity index (χ2v) is 5.82. The number of hydrogen-bond acceptors (Lipinski definition) is 2. The molecule has 2 heteroatoms. The molecule has 3 unspecified atom stereocenters. The Hall–Kier alpha value is -0.340. The first-order valence-corrected chi connectivity index (χ1v) is 6.91. The number of likely N-dealkylation sites (tertiary alicyclic amines) is 1. The number of rotatable bonds is 6. The number of piperidine rings is 1. The lowest BCUT2D eigenvalue weighted by Crippen LogP contribution is -2.51. The minimum Gasteiger partial charge on any atom is -0.377 e. The Morgan fingerprint density at radius 3 is 2.82 bits per heavy atom. The second kappa shape index (κ2) is 6.55. The summed E-state index contributed by atoms with van der Waals surface area (Å²) in [6.07, 6.45) is 5.57. The van der Waals surface area contributed by atoms with Crippen molar-refractivity contribution >= 4 is 0 Å². The predicted octanol–water partition coefficient (Wildman–Crippen LogP) is 3.34. The zero-order valence-electron chi connectivity index (χ0n) is 12.0. The summed E-state index contributed by atoms with van der Waals surface area (Å²) in [5.74, 6) is 0.813. The monoisotopic (exact) mass is 239 g/mol. The summed E-state index contributed by atoms with van der Waals surface area (Å²) in [7, 11) is 2.25. The van der Waals surface area contributed by atoms with E-state index in [1.165, 1.54) is 19.4 Å². The van der Waals surface area contributed by atoms with Crippen LogP contribution in [0.4, 0.5) is 0 Å². The van der Waals surface area contributed by atoms with E-state index in [1.54, 1.807) is 0 Å². The third-order valence-corrected chi connectivity index (χ3v) is 4.90. The fourth-order valence-corrected chi connectivity index (χ4v) is 3.01. The molecule has 17 heavy (non-hydrogen) atoms. The van der Waals surface area contributed by atoms with Crippen LogP contribution in [0.3, 0.4) is 0 Å². The van der Waals surface area contributed by atoms with Gasteiger partial charge in [-0.3, -0.25) is 0 Å². The van der Waals surface area contributed by atoms with Crippen LogP contribution < -0.4 is 0 Å². The van der Waals surface area contributed by atoms with E-state index in [9.17, 15) is 0 Å². The van der Waals surface area contributed by atoms with Gasteiger partial charge < -0.3 is 9.64 Å². The zero-order valence-corrected chi connectivity index (χ0v) is 12.0. The van der Waals surface area contributed by atoms with Gasteiger partial charge in [-0.1, -0.05) is 19.9 Å². The lowest BCUT2D eigenvalue weighted by molar-refractivity contribution is -0.00596. The quantitative estimate of drug-likeness (QED) is 0.521. The molecular formula is C15H29NO. The van der Waals surface area contributed by atoms with Gasteiger partial charge in [0.2, 0.25) is 0 Å². The minimum absolute atomic E-state index is 0.435. The maximum absolute atomic E-state index is 5.48. The van der Waals surface area contributed by atoms with Crippen molar-refractivity contribution in [3.8, 4) is 0 Å². The highest BCUT2D eigenvalue weighted by molar-refractivity contribution is 4.93. The molecule has 0 aromatic heterocycles. The van der Waals surface area contributed by atoms with Crippen LogP contribution in [0.25, 0.3) is 0 Å². The average molecular weight is 239 g/mol. The Morgan fingerprint density at radius 2 is 2.18 bits per heavy atom. The lowest BCUT2D eigenvalue weighted by Gasteiger charge is -2.50. The molecule has 1 fully saturated rings. The summed E-state index contributed by atoms with van der Waals surface area (Å²) in [6.45, 7) is 13.7. The van der Waals surface area contributed by atoms with Crippen LogP contribution in [-0.4, -0.2) is 37.7 Å². The number of hydrogen-bond donors (Lipinski definition) is 0. The Labute approximate surface area is 107 Å². The summed E-state index contributed by atoms with van der Waals surface area (Å²) < 4.78 is 5.48. The van der Waals surface area contributed by atoms with Crippen LogP contribution in [0, 0.1) is 11.3 Å². The van der Waals surface area contributed by atoms with Gasteiger partial charge in [-0.25, -0.2) is 0 Å². The Morgan fingerprint density at radius 1 is 1.47 bits per heavy atom. The molecule has 1 rings (SSSR count). The molecule has 0 spiro atoms. The van der Waals surface area contributed by atoms with E-state index in [0.717, 1.165) is 18.9 Å². The lowest BCUT2D eigenvalue weighted by atomic mass is 9.66. The van der Waals surface area contributed by atoms with E-state index in [2.05, 4.69) is 39.3 Å². The zero-order chi connectivity index (χ0) is 12.9. The van der Waals surface area contributed by atoms with Crippen molar-refractivity contribution in [1.29, 1.82) is 0 Å². The molecule has 1 aliphatic heterocycles. The minimum atomic E-state index is 0.435. The van der Waals surface area contributed by atoms with Crippen LogP contribution in [0.2, 0.25) is 0 Å². The maximum Gasteiger partial charge on any atom is 0.0644 e. The molecule has 0 radical (unpaired) electrons. The molecule has 100 valence electrons.